The molecule has 0 spiro atoms. The Morgan fingerprint density at radius 2 is 2.25 bits per heavy atom. The summed E-state index contributed by atoms with van der Waals surface area (Å²) < 4.78 is 5.92. The molecular formula is C18H25N3O3. The van der Waals surface area contributed by atoms with Gasteiger partial charge in [-0.15, -0.1) is 0 Å². The SMILES string of the molecule is O=C([C@@H]1C[C@H]2OCC[C@H]2N(Cc2ccccn2)C1)N1CCCCO1. The third-order valence-electron chi connectivity index (χ3n) is 5.30. The highest BCUT2D eigenvalue weighted by molar-refractivity contribution is 5.78. The third-order valence-corrected chi connectivity index (χ3v) is 5.30. The van der Waals surface area contributed by atoms with Gasteiger partial charge in [0.15, 0.2) is 0 Å². The molecule has 6 heteroatoms. The summed E-state index contributed by atoms with van der Waals surface area (Å²) in [6.45, 7) is 3.69. The zero-order valence-electron chi connectivity index (χ0n) is 14.0. The molecule has 24 heavy (non-hydrogen) atoms. The minimum atomic E-state index is -0.0498. The molecule has 0 N–H and O–H groups in total. The highest BCUT2D eigenvalue weighted by Gasteiger charge is 2.43. The number of likely N-dealkylation sites (tertiary alicyclic amines) is 1. The first-order valence-electron chi connectivity index (χ1n) is 9.01. The Morgan fingerprint density at radius 3 is 3.04 bits per heavy atom. The largest absolute Gasteiger partial charge is 0.377 e. The molecule has 3 fully saturated rings. The molecule has 4 rings (SSSR count). The maximum Gasteiger partial charge on any atom is 0.250 e. The quantitative estimate of drug-likeness (QED) is 0.842. The summed E-state index contributed by atoms with van der Waals surface area (Å²) in [6.07, 6.45) is 5.89. The second kappa shape index (κ2) is 7.17. The van der Waals surface area contributed by atoms with Crippen molar-refractivity contribution in [2.24, 2.45) is 5.92 Å². The number of ether oxygens (including phenoxy) is 1. The van der Waals surface area contributed by atoms with E-state index in [2.05, 4.69) is 9.88 Å². The van der Waals surface area contributed by atoms with Crippen LogP contribution >= 0.6 is 0 Å². The lowest BCUT2D eigenvalue weighted by Crippen LogP contribution is -2.53. The van der Waals surface area contributed by atoms with Crippen molar-refractivity contribution >= 4 is 5.91 Å². The third kappa shape index (κ3) is 3.31. The van der Waals surface area contributed by atoms with E-state index >= 15 is 0 Å². The second-order valence-corrected chi connectivity index (χ2v) is 6.93. The second-order valence-electron chi connectivity index (χ2n) is 6.93. The van der Waals surface area contributed by atoms with Crippen LogP contribution in [0.3, 0.4) is 0 Å². The highest BCUT2D eigenvalue weighted by atomic mass is 16.7. The molecule has 0 radical (unpaired) electrons. The molecule has 0 aliphatic carbocycles. The Kier molecular flexibility index (Phi) is 4.78. The molecule has 0 bridgehead atoms. The minimum absolute atomic E-state index is 0.0498. The van der Waals surface area contributed by atoms with Crippen LogP contribution < -0.4 is 0 Å². The first-order valence-corrected chi connectivity index (χ1v) is 9.01. The number of aromatic nitrogens is 1. The van der Waals surface area contributed by atoms with Crippen molar-refractivity contribution < 1.29 is 14.4 Å². The van der Waals surface area contributed by atoms with E-state index in [1.54, 1.807) is 5.06 Å². The van der Waals surface area contributed by atoms with Crippen LogP contribution in [0.4, 0.5) is 0 Å². The molecule has 3 saturated heterocycles. The van der Waals surface area contributed by atoms with E-state index in [-0.39, 0.29) is 17.9 Å². The number of rotatable bonds is 3. The first kappa shape index (κ1) is 16.0. The molecule has 3 atom stereocenters. The van der Waals surface area contributed by atoms with Crippen LogP contribution in [0.2, 0.25) is 0 Å². The van der Waals surface area contributed by atoms with Crippen molar-refractivity contribution in [3.63, 3.8) is 0 Å². The average Bonchev–Trinajstić information content (AvgIpc) is 3.11. The van der Waals surface area contributed by atoms with Crippen molar-refractivity contribution in [2.75, 3.05) is 26.3 Å². The molecule has 3 aliphatic heterocycles. The number of amides is 1. The normalized spacial score (nSPS) is 31.0. The zero-order chi connectivity index (χ0) is 16.4. The van der Waals surface area contributed by atoms with Crippen molar-refractivity contribution in [3.8, 4) is 0 Å². The lowest BCUT2D eigenvalue weighted by molar-refractivity contribution is -0.204. The minimum Gasteiger partial charge on any atom is -0.377 e. The van der Waals surface area contributed by atoms with Crippen LogP contribution in [-0.2, 0) is 20.9 Å². The number of fused-ring (bicyclic) bond motifs is 1. The predicted octanol–water partition coefficient (Wildman–Crippen LogP) is 1.61. The molecule has 3 aliphatic rings. The van der Waals surface area contributed by atoms with E-state index in [1.165, 1.54) is 0 Å². The van der Waals surface area contributed by atoms with Gasteiger partial charge in [0, 0.05) is 38.5 Å². The van der Waals surface area contributed by atoms with Gasteiger partial charge in [-0.1, -0.05) is 6.07 Å². The predicted molar refractivity (Wildman–Crippen MR) is 87.8 cm³/mol. The van der Waals surface area contributed by atoms with Gasteiger partial charge in [-0.25, -0.2) is 5.06 Å². The van der Waals surface area contributed by atoms with Crippen LogP contribution in [0.25, 0.3) is 0 Å². The number of piperidine rings is 1. The molecule has 6 nitrogen and oxygen atoms in total. The average molecular weight is 331 g/mol. The summed E-state index contributed by atoms with van der Waals surface area (Å²) in [6, 6.07) is 6.39. The van der Waals surface area contributed by atoms with Crippen molar-refractivity contribution in [3.05, 3.63) is 30.1 Å². The number of carbonyl (C=O) groups excluding carboxylic acids is 1. The lowest BCUT2D eigenvalue weighted by atomic mass is 9.89. The number of nitrogens with zero attached hydrogens (tertiary/aromatic N) is 3. The van der Waals surface area contributed by atoms with Crippen LogP contribution in [-0.4, -0.2) is 59.3 Å². The van der Waals surface area contributed by atoms with Crippen molar-refractivity contribution in [1.29, 1.82) is 0 Å². The number of pyridine rings is 1. The summed E-state index contributed by atoms with van der Waals surface area (Å²) in [7, 11) is 0. The van der Waals surface area contributed by atoms with Crippen LogP contribution in [0.5, 0.6) is 0 Å². The molecule has 4 heterocycles. The highest BCUT2D eigenvalue weighted by Crippen LogP contribution is 2.33. The summed E-state index contributed by atoms with van der Waals surface area (Å²) in [4.78, 5) is 25.2. The Bertz CT molecular complexity index is 562. The molecule has 0 unspecified atom stereocenters. The van der Waals surface area contributed by atoms with Gasteiger partial charge in [0.2, 0.25) is 0 Å². The van der Waals surface area contributed by atoms with E-state index < -0.39 is 0 Å². The molecule has 0 saturated carbocycles. The number of hydrogen-bond donors (Lipinski definition) is 0. The van der Waals surface area contributed by atoms with Gasteiger partial charge < -0.3 is 4.74 Å². The Labute approximate surface area is 142 Å². The number of hydroxylamine groups is 2. The Hall–Kier alpha value is -1.50. The van der Waals surface area contributed by atoms with Crippen LogP contribution in [0.15, 0.2) is 24.4 Å². The summed E-state index contributed by atoms with van der Waals surface area (Å²) in [5.41, 5.74) is 1.05. The van der Waals surface area contributed by atoms with E-state index in [0.29, 0.717) is 19.2 Å². The van der Waals surface area contributed by atoms with E-state index in [4.69, 9.17) is 9.57 Å². The van der Waals surface area contributed by atoms with E-state index in [0.717, 1.165) is 51.1 Å². The van der Waals surface area contributed by atoms with Crippen molar-refractivity contribution in [1.82, 2.24) is 14.9 Å². The van der Waals surface area contributed by atoms with Gasteiger partial charge in [0.25, 0.3) is 5.91 Å². The van der Waals surface area contributed by atoms with Gasteiger partial charge in [-0.2, -0.15) is 0 Å². The topological polar surface area (TPSA) is 54.9 Å². The van der Waals surface area contributed by atoms with E-state index in [1.807, 2.05) is 24.4 Å². The fourth-order valence-electron chi connectivity index (χ4n) is 4.09. The number of carbonyl (C=O) groups is 1. The Morgan fingerprint density at radius 1 is 1.29 bits per heavy atom. The summed E-state index contributed by atoms with van der Waals surface area (Å²) in [5.74, 6) is 0.0702. The van der Waals surface area contributed by atoms with Gasteiger partial charge in [0.1, 0.15) is 0 Å². The maximum absolute atomic E-state index is 12.8. The summed E-state index contributed by atoms with van der Waals surface area (Å²) >= 11 is 0. The molecule has 0 aromatic carbocycles. The molecule has 130 valence electrons. The number of hydrogen-bond acceptors (Lipinski definition) is 5. The maximum atomic E-state index is 12.8. The lowest BCUT2D eigenvalue weighted by Gasteiger charge is -2.41. The standard InChI is InChI=1S/C18H25N3O3/c22-18(21-8-3-4-9-24-21)14-11-17-16(6-10-23-17)20(12-14)13-15-5-1-2-7-19-15/h1-2,5,7,14,16-17H,3-4,6,8-13H2/t14-,16-,17-/m1/s1. The first-order chi connectivity index (χ1) is 11.8. The van der Waals surface area contributed by atoms with Gasteiger partial charge in [-0.3, -0.25) is 19.5 Å². The fraction of sp³-hybridized carbons (Fsp3) is 0.667. The monoisotopic (exact) mass is 331 g/mol. The molecule has 1 aromatic rings. The molecular weight excluding hydrogens is 306 g/mol. The summed E-state index contributed by atoms with van der Waals surface area (Å²) in [5, 5.41) is 1.59. The Balaban J connectivity index is 1.47. The van der Waals surface area contributed by atoms with Crippen molar-refractivity contribution in [2.45, 2.75) is 44.4 Å². The fourth-order valence-corrected chi connectivity index (χ4v) is 4.09. The van der Waals surface area contributed by atoms with Gasteiger partial charge in [0.05, 0.1) is 24.3 Å². The van der Waals surface area contributed by atoms with Gasteiger partial charge >= 0.3 is 0 Å². The van der Waals surface area contributed by atoms with E-state index in [9.17, 15) is 4.79 Å². The zero-order valence-corrected chi connectivity index (χ0v) is 14.0. The van der Waals surface area contributed by atoms with Crippen LogP contribution in [0.1, 0.15) is 31.4 Å². The molecule has 1 aromatic heterocycles. The van der Waals surface area contributed by atoms with Crippen LogP contribution in [0, 0.1) is 5.92 Å². The smallest absolute Gasteiger partial charge is 0.250 e. The molecule has 1 amide bonds. The van der Waals surface area contributed by atoms with Gasteiger partial charge in [-0.05, 0) is 37.8 Å².